The lowest BCUT2D eigenvalue weighted by molar-refractivity contribution is 0.102. The van der Waals surface area contributed by atoms with Gasteiger partial charge in [0.1, 0.15) is 6.61 Å². The van der Waals surface area contributed by atoms with Crippen LogP contribution in [-0.2, 0) is 18.0 Å². The Kier molecular flexibility index (Phi) is 3.82. The Morgan fingerprint density at radius 3 is 2.67 bits per heavy atom. The summed E-state index contributed by atoms with van der Waals surface area (Å²) >= 11 is 4.58. The molecule has 1 heterocycles. The molecule has 2 aromatic rings. The van der Waals surface area contributed by atoms with E-state index in [4.69, 9.17) is 4.74 Å². The second-order valence-corrected chi connectivity index (χ2v) is 4.97. The van der Waals surface area contributed by atoms with E-state index in [1.54, 1.807) is 0 Å². The molecule has 0 unspecified atom stereocenters. The Labute approximate surface area is 100 Å². The van der Waals surface area contributed by atoms with E-state index in [2.05, 4.69) is 25.3 Å². The summed E-state index contributed by atoms with van der Waals surface area (Å²) in [6, 6.07) is 10.0. The molecule has 0 saturated heterocycles. The highest BCUT2D eigenvalue weighted by Crippen LogP contribution is 2.12. The van der Waals surface area contributed by atoms with Gasteiger partial charge in [0.05, 0.1) is 6.61 Å². The predicted molar refractivity (Wildman–Crippen MR) is 62.5 cm³/mol. The Bertz CT molecular complexity index is 418. The Morgan fingerprint density at radius 1 is 1.20 bits per heavy atom. The molecule has 0 bridgehead atoms. The molecular weight excluding hydrogens is 276 g/mol. The van der Waals surface area contributed by atoms with Crippen molar-refractivity contribution in [2.45, 2.75) is 13.2 Å². The first kappa shape index (κ1) is 10.7. The fourth-order valence-electron chi connectivity index (χ4n) is 1.13. The maximum absolute atomic E-state index is 5.48. The molecule has 5 heteroatoms. The minimum Gasteiger partial charge on any atom is -0.369 e. The van der Waals surface area contributed by atoms with E-state index in [-0.39, 0.29) is 0 Å². The Morgan fingerprint density at radius 2 is 2.00 bits per heavy atom. The van der Waals surface area contributed by atoms with E-state index in [0.717, 1.165) is 15.3 Å². The third kappa shape index (κ3) is 3.37. The van der Waals surface area contributed by atoms with Crippen LogP contribution in [0.1, 0.15) is 11.4 Å². The van der Waals surface area contributed by atoms with Gasteiger partial charge in [-0.05, 0) is 33.0 Å². The normalized spacial score (nSPS) is 10.5. The summed E-state index contributed by atoms with van der Waals surface area (Å²) in [5.41, 5.74) is 1.16. The number of hydrogen-bond acceptors (Lipinski definition) is 4. The average molecular weight is 285 g/mol. The van der Waals surface area contributed by atoms with Crippen LogP contribution in [0.25, 0.3) is 0 Å². The fraction of sp³-hybridized carbons (Fsp3) is 0.200. The Hall–Kier alpha value is -0.780. The van der Waals surface area contributed by atoms with E-state index < -0.39 is 0 Å². The van der Waals surface area contributed by atoms with Crippen LogP contribution in [0.2, 0.25) is 0 Å². The van der Waals surface area contributed by atoms with Crippen LogP contribution >= 0.6 is 27.5 Å². The minimum absolute atomic E-state index is 0.455. The maximum Gasteiger partial charge on any atom is 0.179 e. The molecule has 0 aliphatic heterocycles. The lowest BCUT2D eigenvalue weighted by atomic mass is 10.2. The van der Waals surface area contributed by atoms with Crippen LogP contribution in [0.5, 0.6) is 0 Å². The maximum atomic E-state index is 5.48. The van der Waals surface area contributed by atoms with Gasteiger partial charge in [-0.15, -0.1) is 0 Å². The molecule has 15 heavy (non-hydrogen) atoms. The highest BCUT2D eigenvalue weighted by Gasteiger charge is 2.01. The van der Waals surface area contributed by atoms with Crippen molar-refractivity contribution < 1.29 is 4.74 Å². The van der Waals surface area contributed by atoms with Crippen molar-refractivity contribution in [3.05, 3.63) is 45.6 Å². The second-order valence-electron chi connectivity index (χ2n) is 2.94. The zero-order chi connectivity index (χ0) is 10.5. The molecule has 0 amide bonds. The van der Waals surface area contributed by atoms with Gasteiger partial charge >= 0.3 is 0 Å². The molecule has 0 spiro atoms. The Balaban J connectivity index is 1.80. The summed E-state index contributed by atoms with van der Waals surface area (Å²) in [5, 5.41) is 0. The first-order valence-electron chi connectivity index (χ1n) is 4.44. The molecular formula is C10H9BrN2OS. The standard InChI is InChI=1S/C10H9BrN2OS/c11-10-12-9(13-15-10)7-14-6-8-4-2-1-3-5-8/h1-5H,6-7H2. The van der Waals surface area contributed by atoms with Crippen LogP contribution < -0.4 is 0 Å². The first-order valence-corrected chi connectivity index (χ1v) is 6.01. The van der Waals surface area contributed by atoms with Crippen molar-refractivity contribution in [3.63, 3.8) is 0 Å². The molecule has 1 aromatic heterocycles. The highest BCUT2D eigenvalue weighted by atomic mass is 79.9. The quantitative estimate of drug-likeness (QED) is 0.866. The summed E-state index contributed by atoms with van der Waals surface area (Å²) in [5.74, 6) is 0.725. The van der Waals surface area contributed by atoms with Crippen molar-refractivity contribution in [3.8, 4) is 0 Å². The molecule has 0 radical (unpaired) electrons. The predicted octanol–water partition coefficient (Wildman–Crippen LogP) is 3.02. The first-order chi connectivity index (χ1) is 7.34. The smallest absolute Gasteiger partial charge is 0.179 e. The third-order valence-electron chi connectivity index (χ3n) is 1.79. The van der Waals surface area contributed by atoms with Gasteiger partial charge in [-0.2, -0.15) is 4.37 Å². The fourth-order valence-corrected chi connectivity index (χ4v) is 1.97. The number of benzene rings is 1. The van der Waals surface area contributed by atoms with Crippen LogP contribution in [0, 0.1) is 0 Å². The second kappa shape index (κ2) is 5.34. The lowest BCUT2D eigenvalue weighted by Gasteiger charge is -2.00. The van der Waals surface area contributed by atoms with Gasteiger partial charge in [0, 0.05) is 0 Å². The summed E-state index contributed by atoms with van der Waals surface area (Å²) in [6.07, 6.45) is 0. The SMILES string of the molecule is Brc1nc(COCc2ccccc2)ns1. The summed E-state index contributed by atoms with van der Waals surface area (Å²) in [7, 11) is 0. The van der Waals surface area contributed by atoms with Gasteiger partial charge in [0.2, 0.25) is 0 Å². The van der Waals surface area contributed by atoms with E-state index >= 15 is 0 Å². The van der Waals surface area contributed by atoms with Crippen LogP contribution in [0.4, 0.5) is 0 Å². The van der Waals surface area contributed by atoms with Crippen LogP contribution in [-0.4, -0.2) is 9.36 Å². The summed E-state index contributed by atoms with van der Waals surface area (Å²) in [6.45, 7) is 1.05. The highest BCUT2D eigenvalue weighted by molar-refractivity contribution is 9.11. The number of aromatic nitrogens is 2. The van der Waals surface area contributed by atoms with Gasteiger partial charge in [0.15, 0.2) is 9.74 Å². The van der Waals surface area contributed by atoms with Gasteiger partial charge < -0.3 is 4.74 Å². The van der Waals surface area contributed by atoms with E-state index in [9.17, 15) is 0 Å². The van der Waals surface area contributed by atoms with Crippen molar-refractivity contribution in [2.24, 2.45) is 0 Å². The zero-order valence-electron chi connectivity index (χ0n) is 7.89. The van der Waals surface area contributed by atoms with Crippen molar-refractivity contribution in [1.29, 1.82) is 0 Å². The van der Waals surface area contributed by atoms with Crippen molar-refractivity contribution in [1.82, 2.24) is 9.36 Å². The molecule has 0 N–H and O–H groups in total. The number of nitrogens with zero attached hydrogens (tertiary/aromatic N) is 2. The van der Waals surface area contributed by atoms with Gasteiger partial charge in [0.25, 0.3) is 0 Å². The minimum atomic E-state index is 0.455. The van der Waals surface area contributed by atoms with Crippen molar-refractivity contribution >= 4 is 27.5 Å². The molecule has 0 saturated carbocycles. The van der Waals surface area contributed by atoms with Crippen LogP contribution in [0.3, 0.4) is 0 Å². The molecule has 0 aliphatic carbocycles. The molecule has 0 aliphatic rings. The largest absolute Gasteiger partial charge is 0.369 e. The molecule has 2 rings (SSSR count). The number of ether oxygens (including phenoxy) is 1. The van der Waals surface area contributed by atoms with E-state index in [0.29, 0.717) is 13.2 Å². The molecule has 3 nitrogen and oxygen atoms in total. The molecule has 0 fully saturated rings. The van der Waals surface area contributed by atoms with Gasteiger partial charge in [-0.3, -0.25) is 0 Å². The zero-order valence-corrected chi connectivity index (χ0v) is 10.3. The molecule has 0 atom stereocenters. The van der Waals surface area contributed by atoms with Gasteiger partial charge in [-0.25, -0.2) is 4.98 Å². The van der Waals surface area contributed by atoms with Crippen molar-refractivity contribution in [2.75, 3.05) is 0 Å². The summed E-state index contributed by atoms with van der Waals surface area (Å²) < 4.78 is 10.4. The molecule has 78 valence electrons. The van der Waals surface area contributed by atoms with E-state index in [1.165, 1.54) is 11.5 Å². The van der Waals surface area contributed by atoms with Crippen LogP contribution in [0.15, 0.2) is 34.2 Å². The lowest BCUT2D eigenvalue weighted by Crippen LogP contribution is -1.95. The number of halogens is 1. The summed E-state index contributed by atoms with van der Waals surface area (Å²) in [4.78, 5) is 4.14. The van der Waals surface area contributed by atoms with E-state index in [1.807, 2.05) is 30.3 Å². The number of hydrogen-bond donors (Lipinski definition) is 0. The third-order valence-corrected chi connectivity index (χ3v) is 2.94. The topological polar surface area (TPSA) is 35.0 Å². The number of rotatable bonds is 4. The average Bonchev–Trinajstić information content (AvgIpc) is 2.66. The molecule has 1 aromatic carbocycles. The van der Waals surface area contributed by atoms with Gasteiger partial charge in [-0.1, -0.05) is 30.3 Å². The monoisotopic (exact) mass is 284 g/mol.